The van der Waals surface area contributed by atoms with E-state index in [1.807, 2.05) is 29.2 Å². The smallest absolute Gasteiger partial charge is 0.279 e. The standard InChI is InChI=1S/C18H25N3O2/c1-14-5-2-3-11-20(14)13-17(22)19-15-7-9-16(10-8-15)21-12-4-6-18(21)23/h7-10,14H,2-6,11-13H2,1H3,(H,19,22)/p+1/t14-/m1/s1. The van der Waals surface area contributed by atoms with Crippen LogP contribution in [0.4, 0.5) is 11.4 Å². The molecule has 2 fully saturated rings. The van der Waals surface area contributed by atoms with Crippen molar-refractivity contribution >= 4 is 23.2 Å². The van der Waals surface area contributed by atoms with Crippen molar-refractivity contribution in [1.29, 1.82) is 0 Å². The van der Waals surface area contributed by atoms with Crippen LogP contribution in [0.5, 0.6) is 0 Å². The summed E-state index contributed by atoms with van der Waals surface area (Å²) in [5.41, 5.74) is 1.72. The Bertz CT molecular complexity index is 570. The highest BCUT2D eigenvalue weighted by molar-refractivity contribution is 5.96. The van der Waals surface area contributed by atoms with Gasteiger partial charge in [0.1, 0.15) is 0 Å². The fraction of sp³-hybridized carbons (Fsp3) is 0.556. The van der Waals surface area contributed by atoms with Crippen LogP contribution in [0.2, 0.25) is 0 Å². The van der Waals surface area contributed by atoms with Crippen LogP contribution in [-0.4, -0.2) is 37.5 Å². The van der Waals surface area contributed by atoms with E-state index in [1.54, 1.807) is 0 Å². The molecule has 2 aliphatic heterocycles. The van der Waals surface area contributed by atoms with E-state index in [4.69, 9.17) is 0 Å². The fourth-order valence-corrected chi connectivity index (χ4v) is 3.57. The number of nitrogens with one attached hydrogen (secondary N) is 2. The average molecular weight is 316 g/mol. The van der Waals surface area contributed by atoms with Gasteiger partial charge in [-0.2, -0.15) is 0 Å². The molecule has 2 N–H and O–H groups in total. The van der Waals surface area contributed by atoms with Crippen molar-refractivity contribution in [3.8, 4) is 0 Å². The Morgan fingerprint density at radius 3 is 2.70 bits per heavy atom. The quantitative estimate of drug-likeness (QED) is 0.877. The zero-order valence-corrected chi connectivity index (χ0v) is 13.8. The average Bonchev–Trinajstić information content (AvgIpc) is 2.96. The van der Waals surface area contributed by atoms with Gasteiger partial charge in [0, 0.05) is 24.3 Å². The second kappa shape index (κ2) is 7.13. The molecule has 0 aromatic heterocycles. The molecular weight excluding hydrogens is 290 g/mol. The zero-order chi connectivity index (χ0) is 16.2. The van der Waals surface area contributed by atoms with Gasteiger partial charge in [0.25, 0.3) is 5.91 Å². The predicted octanol–water partition coefficient (Wildman–Crippen LogP) is 1.21. The lowest BCUT2D eigenvalue weighted by Gasteiger charge is -2.29. The molecule has 3 rings (SSSR count). The molecule has 0 radical (unpaired) electrons. The molecule has 0 spiro atoms. The number of hydrogen-bond acceptors (Lipinski definition) is 2. The van der Waals surface area contributed by atoms with Gasteiger partial charge in [-0.15, -0.1) is 0 Å². The molecule has 2 amide bonds. The maximum absolute atomic E-state index is 12.2. The first-order valence-electron chi connectivity index (χ1n) is 8.68. The summed E-state index contributed by atoms with van der Waals surface area (Å²) in [6.07, 6.45) is 5.26. The molecule has 0 aliphatic carbocycles. The van der Waals surface area contributed by atoms with E-state index in [9.17, 15) is 9.59 Å². The second-order valence-corrected chi connectivity index (χ2v) is 6.73. The highest BCUT2D eigenvalue weighted by Crippen LogP contribution is 2.22. The van der Waals surface area contributed by atoms with Crippen LogP contribution in [0.3, 0.4) is 0 Å². The predicted molar refractivity (Wildman–Crippen MR) is 90.7 cm³/mol. The number of carbonyl (C=O) groups is 2. The molecule has 2 saturated heterocycles. The van der Waals surface area contributed by atoms with Gasteiger partial charge in [-0.3, -0.25) is 9.59 Å². The molecule has 2 heterocycles. The summed E-state index contributed by atoms with van der Waals surface area (Å²) >= 11 is 0. The van der Waals surface area contributed by atoms with Crippen LogP contribution >= 0.6 is 0 Å². The molecular formula is C18H26N3O2+. The van der Waals surface area contributed by atoms with Gasteiger partial charge in [0.05, 0.1) is 12.6 Å². The van der Waals surface area contributed by atoms with E-state index in [1.165, 1.54) is 24.2 Å². The SMILES string of the molecule is C[C@@H]1CCCC[NH+]1CC(=O)Nc1ccc(N2CCCC2=O)cc1. The minimum absolute atomic E-state index is 0.0683. The number of likely N-dealkylation sites (tertiary alicyclic amines) is 1. The summed E-state index contributed by atoms with van der Waals surface area (Å²) < 4.78 is 0. The van der Waals surface area contributed by atoms with Gasteiger partial charge >= 0.3 is 0 Å². The number of rotatable bonds is 4. The summed E-state index contributed by atoms with van der Waals surface area (Å²) in [4.78, 5) is 27.2. The Labute approximate surface area is 137 Å². The third kappa shape index (κ3) is 3.91. The Kier molecular flexibility index (Phi) is 4.96. The number of hydrogen-bond donors (Lipinski definition) is 2. The highest BCUT2D eigenvalue weighted by atomic mass is 16.2. The summed E-state index contributed by atoms with van der Waals surface area (Å²) in [5, 5.41) is 2.98. The van der Waals surface area contributed by atoms with Gasteiger partial charge in [-0.1, -0.05) is 0 Å². The molecule has 5 heteroatoms. The number of quaternary nitrogens is 1. The topological polar surface area (TPSA) is 53.9 Å². The van der Waals surface area contributed by atoms with E-state index in [-0.39, 0.29) is 11.8 Å². The van der Waals surface area contributed by atoms with Crippen molar-refractivity contribution in [3.05, 3.63) is 24.3 Å². The lowest BCUT2D eigenvalue weighted by atomic mass is 10.0. The normalized spacial score (nSPS) is 24.7. The van der Waals surface area contributed by atoms with Crippen molar-refractivity contribution in [1.82, 2.24) is 0 Å². The van der Waals surface area contributed by atoms with Crippen LogP contribution in [0.25, 0.3) is 0 Å². The lowest BCUT2D eigenvalue weighted by Crippen LogP contribution is -3.17. The van der Waals surface area contributed by atoms with Crippen LogP contribution < -0.4 is 15.1 Å². The molecule has 1 aromatic carbocycles. The van der Waals surface area contributed by atoms with Gasteiger partial charge < -0.3 is 15.1 Å². The zero-order valence-electron chi connectivity index (χ0n) is 13.8. The van der Waals surface area contributed by atoms with Crippen molar-refractivity contribution in [3.63, 3.8) is 0 Å². The molecule has 2 atom stereocenters. The number of benzene rings is 1. The van der Waals surface area contributed by atoms with Gasteiger partial charge in [0.15, 0.2) is 6.54 Å². The molecule has 5 nitrogen and oxygen atoms in total. The summed E-state index contributed by atoms with van der Waals surface area (Å²) in [6, 6.07) is 8.16. The third-order valence-electron chi connectivity index (χ3n) is 5.01. The van der Waals surface area contributed by atoms with Gasteiger partial charge in [-0.25, -0.2) is 0 Å². The monoisotopic (exact) mass is 316 g/mol. The van der Waals surface area contributed by atoms with E-state index in [2.05, 4.69) is 12.2 Å². The first-order chi connectivity index (χ1) is 11.1. The second-order valence-electron chi connectivity index (χ2n) is 6.73. The maximum Gasteiger partial charge on any atom is 0.279 e. The number of piperidine rings is 1. The van der Waals surface area contributed by atoms with Crippen LogP contribution in [0.15, 0.2) is 24.3 Å². The van der Waals surface area contributed by atoms with Gasteiger partial charge in [0.2, 0.25) is 5.91 Å². The van der Waals surface area contributed by atoms with E-state index in [0.717, 1.165) is 30.9 Å². The summed E-state index contributed by atoms with van der Waals surface area (Å²) in [7, 11) is 0. The van der Waals surface area contributed by atoms with Crippen LogP contribution in [0, 0.1) is 0 Å². The van der Waals surface area contributed by atoms with E-state index < -0.39 is 0 Å². The molecule has 1 unspecified atom stereocenters. The minimum Gasteiger partial charge on any atom is -0.325 e. The van der Waals surface area contributed by atoms with Crippen LogP contribution in [-0.2, 0) is 9.59 Å². The number of nitrogens with zero attached hydrogens (tertiary/aromatic N) is 1. The molecule has 0 saturated carbocycles. The Hall–Kier alpha value is -1.88. The first-order valence-corrected chi connectivity index (χ1v) is 8.68. The first kappa shape index (κ1) is 16.0. The third-order valence-corrected chi connectivity index (χ3v) is 5.01. The Morgan fingerprint density at radius 2 is 2.04 bits per heavy atom. The van der Waals surface area contributed by atoms with Crippen molar-refractivity contribution in [2.45, 2.75) is 45.1 Å². The molecule has 1 aromatic rings. The van der Waals surface area contributed by atoms with Crippen molar-refractivity contribution in [2.24, 2.45) is 0 Å². The number of amides is 2. The highest BCUT2D eigenvalue weighted by Gasteiger charge is 2.24. The van der Waals surface area contributed by atoms with E-state index in [0.29, 0.717) is 19.0 Å². The van der Waals surface area contributed by atoms with Crippen molar-refractivity contribution in [2.75, 3.05) is 29.9 Å². The molecule has 2 aliphatic rings. The lowest BCUT2D eigenvalue weighted by molar-refractivity contribution is -0.920. The summed E-state index contributed by atoms with van der Waals surface area (Å²) in [5.74, 6) is 0.253. The largest absolute Gasteiger partial charge is 0.325 e. The Morgan fingerprint density at radius 1 is 1.26 bits per heavy atom. The van der Waals surface area contributed by atoms with Gasteiger partial charge in [-0.05, 0) is 56.9 Å². The van der Waals surface area contributed by atoms with Crippen molar-refractivity contribution < 1.29 is 14.5 Å². The minimum atomic E-state index is 0.0683. The number of carbonyl (C=O) groups excluding carboxylic acids is 2. The fourth-order valence-electron chi connectivity index (χ4n) is 3.57. The molecule has 0 bridgehead atoms. The summed E-state index contributed by atoms with van der Waals surface area (Å²) in [6.45, 7) is 4.64. The molecule has 23 heavy (non-hydrogen) atoms. The molecule has 124 valence electrons. The van der Waals surface area contributed by atoms with E-state index >= 15 is 0 Å². The Balaban J connectivity index is 1.55. The van der Waals surface area contributed by atoms with Crippen LogP contribution in [0.1, 0.15) is 39.0 Å². The maximum atomic E-state index is 12.2. The number of anilines is 2.